The van der Waals surface area contributed by atoms with Gasteiger partial charge >= 0.3 is 0 Å². The van der Waals surface area contributed by atoms with Crippen LogP contribution >= 0.6 is 0 Å². The fourth-order valence-corrected chi connectivity index (χ4v) is 2.11. The molecule has 0 aromatic rings. The van der Waals surface area contributed by atoms with Crippen molar-refractivity contribution in [3.63, 3.8) is 0 Å². The van der Waals surface area contributed by atoms with E-state index in [-0.39, 0.29) is 0 Å². The van der Waals surface area contributed by atoms with E-state index >= 15 is 0 Å². The highest BCUT2D eigenvalue weighted by Gasteiger charge is 2.30. The second-order valence-electron chi connectivity index (χ2n) is 3.87. The third-order valence-corrected chi connectivity index (χ3v) is 3.95. The Morgan fingerprint density at radius 3 is 2.27 bits per heavy atom. The Bertz CT molecular complexity index is 159. The molecule has 1 atom stereocenters. The molecule has 1 rings (SSSR count). The molecule has 0 saturated heterocycles. The van der Waals surface area contributed by atoms with Gasteiger partial charge in [0.1, 0.15) is 0 Å². The number of hydrogen-bond donors (Lipinski definition) is 0. The summed E-state index contributed by atoms with van der Waals surface area (Å²) in [5.74, 6) is 0.714. The van der Waals surface area contributed by atoms with E-state index < -0.39 is 15.8 Å². The first-order chi connectivity index (χ1) is 5.04. The van der Waals surface area contributed by atoms with Gasteiger partial charge in [0, 0.05) is 4.75 Å². The molecule has 1 unspecified atom stereocenters. The molecule has 1 saturated carbocycles. The van der Waals surface area contributed by atoms with Crippen LogP contribution in [0.2, 0.25) is 0 Å². The van der Waals surface area contributed by atoms with Crippen LogP contribution in [0.1, 0.15) is 39.5 Å². The highest BCUT2D eigenvalue weighted by Crippen LogP contribution is 2.34. The average molecular weight is 175 g/mol. The van der Waals surface area contributed by atoms with Gasteiger partial charge in [-0.2, -0.15) is 0 Å². The van der Waals surface area contributed by atoms with Crippen LogP contribution in [0.25, 0.3) is 0 Å². The summed E-state index contributed by atoms with van der Waals surface area (Å²) in [5.41, 5.74) is 0. The Morgan fingerprint density at radius 2 is 1.91 bits per heavy atom. The van der Waals surface area contributed by atoms with Crippen LogP contribution in [0.3, 0.4) is 0 Å². The van der Waals surface area contributed by atoms with E-state index in [9.17, 15) is 8.76 Å². The van der Waals surface area contributed by atoms with E-state index in [1.807, 2.05) is 6.92 Å². The second-order valence-corrected chi connectivity index (χ2v) is 5.32. The van der Waals surface area contributed by atoms with Crippen LogP contribution in [0.4, 0.5) is 0 Å². The summed E-state index contributed by atoms with van der Waals surface area (Å²) in [6.07, 6.45) is 3.80. The third kappa shape index (κ3) is 2.03. The van der Waals surface area contributed by atoms with Crippen LogP contribution in [0.5, 0.6) is 0 Å². The average Bonchev–Trinajstić information content (AvgIpc) is 1.95. The van der Waals surface area contributed by atoms with Crippen LogP contribution in [-0.4, -0.2) is 13.5 Å². The summed E-state index contributed by atoms with van der Waals surface area (Å²) in [6, 6.07) is 0. The molecule has 0 amide bonds. The molecule has 0 heterocycles. The molecule has 11 heavy (non-hydrogen) atoms. The molecule has 0 aromatic carbocycles. The monoisotopic (exact) mass is 175 g/mol. The Labute approximate surface area is 70.7 Å². The summed E-state index contributed by atoms with van der Waals surface area (Å²) in [6.45, 7) is 4.04. The summed E-state index contributed by atoms with van der Waals surface area (Å²) in [4.78, 5) is 0. The zero-order chi connectivity index (χ0) is 8.48. The molecule has 1 aliphatic rings. The van der Waals surface area contributed by atoms with E-state index in [4.69, 9.17) is 0 Å². The first kappa shape index (κ1) is 9.20. The van der Waals surface area contributed by atoms with Crippen LogP contribution in [-0.2, 0) is 11.1 Å². The van der Waals surface area contributed by atoms with E-state index in [1.165, 1.54) is 0 Å². The molecule has 0 N–H and O–H groups in total. The molecular weight excluding hydrogens is 160 g/mol. The standard InChI is InChI=1S/C8H16O2S/c1-7-3-5-8(2,6-4-7)11(9)10/h7H,3-6H2,1-2H3,(H,9,10)/p-1. The Balaban J connectivity index is 2.55. The van der Waals surface area contributed by atoms with Gasteiger partial charge in [0.2, 0.25) is 0 Å². The molecule has 0 aromatic heterocycles. The maximum atomic E-state index is 10.8. The Hall–Kier alpha value is 0.110. The molecular formula is C8H15O2S-. The molecule has 2 nitrogen and oxygen atoms in total. The van der Waals surface area contributed by atoms with Crippen molar-refractivity contribution in [1.82, 2.24) is 0 Å². The van der Waals surface area contributed by atoms with Gasteiger partial charge in [-0.25, -0.2) is 0 Å². The van der Waals surface area contributed by atoms with Gasteiger partial charge in [-0.15, -0.1) is 0 Å². The van der Waals surface area contributed by atoms with Crippen molar-refractivity contribution in [1.29, 1.82) is 0 Å². The Kier molecular flexibility index (Phi) is 2.70. The quantitative estimate of drug-likeness (QED) is 0.570. The maximum Gasteiger partial charge on any atom is 0.0299 e. The predicted molar refractivity (Wildman–Crippen MR) is 45.0 cm³/mol. The lowest BCUT2D eigenvalue weighted by Gasteiger charge is -2.37. The van der Waals surface area contributed by atoms with Gasteiger partial charge in [-0.1, -0.05) is 6.92 Å². The molecule has 0 radical (unpaired) electrons. The SMILES string of the molecule is CC1CCC(C)(S(=O)[O-])CC1. The molecule has 1 fully saturated rings. The summed E-state index contributed by atoms with van der Waals surface area (Å²) in [7, 11) is 0. The fourth-order valence-electron chi connectivity index (χ4n) is 1.54. The van der Waals surface area contributed by atoms with Crippen molar-refractivity contribution in [3.8, 4) is 0 Å². The van der Waals surface area contributed by atoms with Crippen molar-refractivity contribution in [3.05, 3.63) is 0 Å². The second kappa shape index (κ2) is 3.23. The molecule has 0 aliphatic heterocycles. The smallest absolute Gasteiger partial charge is 0.0299 e. The third-order valence-electron chi connectivity index (χ3n) is 2.73. The lowest BCUT2D eigenvalue weighted by atomic mass is 9.83. The highest BCUT2D eigenvalue weighted by molar-refractivity contribution is 7.80. The van der Waals surface area contributed by atoms with E-state index in [0.29, 0.717) is 5.92 Å². The molecule has 1 aliphatic carbocycles. The van der Waals surface area contributed by atoms with Gasteiger partial charge in [0.15, 0.2) is 0 Å². The maximum absolute atomic E-state index is 10.8. The highest BCUT2D eigenvalue weighted by atomic mass is 32.2. The molecule has 0 spiro atoms. The van der Waals surface area contributed by atoms with Gasteiger partial charge < -0.3 is 4.55 Å². The van der Waals surface area contributed by atoms with Crippen molar-refractivity contribution < 1.29 is 8.76 Å². The van der Waals surface area contributed by atoms with Crippen molar-refractivity contribution in [2.45, 2.75) is 44.3 Å². The van der Waals surface area contributed by atoms with Gasteiger partial charge in [-0.3, -0.25) is 4.21 Å². The fraction of sp³-hybridized carbons (Fsp3) is 1.00. The topological polar surface area (TPSA) is 40.1 Å². The van der Waals surface area contributed by atoms with Crippen LogP contribution < -0.4 is 0 Å². The van der Waals surface area contributed by atoms with E-state index in [0.717, 1.165) is 25.7 Å². The van der Waals surface area contributed by atoms with Gasteiger partial charge in [0.05, 0.1) is 0 Å². The largest absolute Gasteiger partial charge is 0.772 e. The first-order valence-corrected chi connectivity index (χ1v) is 5.21. The van der Waals surface area contributed by atoms with Crippen molar-refractivity contribution in [2.24, 2.45) is 5.92 Å². The Morgan fingerprint density at radius 1 is 1.45 bits per heavy atom. The molecule has 0 bridgehead atoms. The van der Waals surface area contributed by atoms with Crippen molar-refractivity contribution in [2.75, 3.05) is 0 Å². The van der Waals surface area contributed by atoms with E-state index in [1.54, 1.807) is 0 Å². The summed E-state index contributed by atoms with van der Waals surface area (Å²) >= 11 is -1.88. The zero-order valence-electron chi connectivity index (χ0n) is 7.13. The summed E-state index contributed by atoms with van der Waals surface area (Å²) in [5, 5.41) is 0. The first-order valence-electron chi connectivity index (χ1n) is 4.14. The predicted octanol–water partition coefficient (Wildman–Crippen LogP) is 1.83. The van der Waals surface area contributed by atoms with Crippen molar-refractivity contribution >= 4 is 11.1 Å². The molecule has 66 valence electrons. The van der Waals surface area contributed by atoms with Crippen LogP contribution in [0, 0.1) is 5.92 Å². The lowest BCUT2D eigenvalue weighted by molar-refractivity contribution is 0.314. The summed E-state index contributed by atoms with van der Waals surface area (Å²) < 4.78 is 21.1. The molecule has 3 heteroatoms. The minimum atomic E-state index is -1.88. The number of rotatable bonds is 1. The minimum Gasteiger partial charge on any atom is -0.772 e. The minimum absolute atomic E-state index is 0.424. The lowest BCUT2D eigenvalue weighted by Crippen LogP contribution is -2.34. The van der Waals surface area contributed by atoms with Crippen LogP contribution in [0.15, 0.2) is 0 Å². The zero-order valence-corrected chi connectivity index (χ0v) is 7.95. The van der Waals surface area contributed by atoms with Gasteiger partial charge in [-0.05, 0) is 49.6 Å². The number of hydrogen-bond acceptors (Lipinski definition) is 2. The van der Waals surface area contributed by atoms with Gasteiger partial charge in [0.25, 0.3) is 0 Å². The normalized spacial score (nSPS) is 41.9. The van der Waals surface area contributed by atoms with E-state index in [2.05, 4.69) is 6.92 Å².